The summed E-state index contributed by atoms with van der Waals surface area (Å²) in [6.07, 6.45) is 0.999. The summed E-state index contributed by atoms with van der Waals surface area (Å²) in [6.45, 7) is 1.79. The Labute approximate surface area is 114 Å². The smallest absolute Gasteiger partial charge is 0.233 e. The molecule has 0 aromatic heterocycles. The van der Waals surface area contributed by atoms with Gasteiger partial charge in [-0.2, -0.15) is 0 Å². The minimum atomic E-state index is -3.68. The lowest BCUT2D eigenvalue weighted by molar-refractivity contribution is 0.593. The SMILES string of the molecule is CC(N)c1cccc(NS(=O)(=O)CCS(C)(=O)=O)c1. The Morgan fingerprint density at radius 1 is 1.21 bits per heavy atom. The first-order valence-electron chi connectivity index (χ1n) is 5.63. The van der Waals surface area contributed by atoms with Crippen LogP contribution in [0.2, 0.25) is 0 Å². The molecule has 1 aromatic rings. The summed E-state index contributed by atoms with van der Waals surface area (Å²) in [5, 5.41) is 0. The fourth-order valence-electron chi connectivity index (χ4n) is 1.38. The lowest BCUT2D eigenvalue weighted by Crippen LogP contribution is -2.22. The monoisotopic (exact) mass is 306 g/mol. The zero-order valence-electron chi connectivity index (χ0n) is 10.8. The van der Waals surface area contributed by atoms with Crippen LogP contribution >= 0.6 is 0 Å². The molecule has 0 bridgehead atoms. The molecule has 1 atom stereocenters. The zero-order chi connectivity index (χ0) is 14.7. The van der Waals surface area contributed by atoms with E-state index in [4.69, 9.17) is 5.73 Å². The van der Waals surface area contributed by atoms with Crippen LogP contribution in [-0.4, -0.2) is 34.6 Å². The molecule has 0 heterocycles. The van der Waals surface area contributed by atoms with Crippen LogP contribution in [0.5, 0.6) is 0 Å². The van der Waals surface area contributed by atoms with Crippen LogP contribution in [0.4, 0.5) is 5.69 Å². The Morgan fingerprint density at radius 3 is 2.37 bits per heavy atom. The highest BCUT2D eigenvalue weighted by Crippen LogP contribution is 2.16. The molecule has 0 fully saturated rings. The highest BCUT2D eigenvalue weighted by atomic mass is 32.2. The number of benzene rings is 1. The number of nitrogens with one attached hydrogen (secondary N) is 1. The summed E-state index contributed by atoms with van der Waals surface area (Å²) in [7, 11) is -6.99. The van der Waals surface area contributed by atoms with Crippen LogP contribution in [0.3, 0.4) is 0 Å². The number of hydrogen-bond donors (Lipinski definition) is 2. The average molecular weight is 306 g/mol. The quantitative estimate of drug-likeness (QED) is 0.795. The average Bonchev–Trinajstić information content (AvgIpc) is 2.25. The Kier molecular flexibility index (Phi) is 4.94. The van der Waals surface area contributed by atoms with E-state index in [0.717, 1.165) is 11.8 Å². The predicted octanol–water partition coefficient (Wildman–Crippen LogP) is 0.493. The van der Waals surface area contributed by atoms with E-state index >= 15 is 0 Å². The first kappa shape index (κ1) is 15.9. The summed E-state index contributed by atoms with van der Waals surface area (Å²) in [5.74, 6) is -0.871. The molecule has 0 aliphatic heterocycles. The third-order valence-corrected chi connectivity index (χ3v) is 4.90. The third kappa shape index (κ3) is 6.04. The van der Waals surface area contributed by atoms with Crippen LogP contribution in [0, 0.1) is 0 Å². The fraction of sp³-hybridized carbons (Fsp3) is 0.455. The van der Waals surface area contributed by atoms with Crippen LogP contribution in [0.1, 0.15) is 18.5 Å². The zero-order valence-corrected chi connectivity index (χ0v) is 12.5. The van der Waals surface area contributed by atoms with Crippen molar-refractivity contribution in [1.29, 1.82) is 0 Å². The van der Waals surface area contributed by atoms with E-state index in [1.54, 1.807) is 31.2 Å². The van der Waals surface area contributed by atoms with E-state index in [1.807, 2.05) is 0 Å². The topological polar surface area (TPSA) is 106 Å². The van der Waals surface area contributed by atoms with E-state index in [0.29, 0.717) is 5.69 Å². The molecule has 0 saturated carbocycles. The molecular formula is C11H18N2O4S2. The first-order valence-corrected chi connectivity index (χ1v) is 9.34. The van der Waals surface area contributed by atoms with E-state index in [1.165, 1.54) is 0 Å². The van der Waals surface area contributed by atoms with E-state index < -0.39 is 31.4 Å². The van der Waals surface area contributed by atoms with Crippen LogP contribution in [0.25, 0.3) is 0 Å². The first-order chi connectivity index (χ1) is 8.59. The maximum atomic E-state index is 11.7. The standard InChI is InChI=1S/C11H18N2O4S2/c1-9(12)10-4-3-5-11(8-10)13-19(16,17)7-6-18(2,14)15/h3-5,8-9,13H,6-7,12H2,1-2H3. The van der Waals surface area contributed by atoms with Gasteiger partial charge in [-0.25, -0.2) is 16.8 Å². The lowest BCUT2D eigenvalue weighted by atomic mass is 10.1. The van der Waals surface area contributed by atoms with Gasteiger partial charge in [-0.15, -0.1) is 0 Å². The van der Waals surface area contributed by atoms with Crippen molar-refractivity contribution in [3.05, 3.63) is 29.8 Å². The Balaban J connectivity index is 2.81. The third-order valence-electron chi connectivity index (χ3n) is 2.41. The van der Waals surface area contributed by atoms with Gasteiger partial charge in [0.25, 0.3) is 0 Å². The van der Waals surface area contributed by atoms with Gasteiger partial charge in [0.1, 0.15) is 9.84 Å². The van der Waals surface area contributed by atoms with Crippen LogP contribution in [-0.2, 0) is 19.9 Å². The van der Waals surface area contributed by atoms with Crippen molar-refractivity contribution >= 4 is 25.5 Å². The fourth-order valence-corrected chi connectivity index (χ4v) is 4.05. The number of sulfonamides is 1. The van der Waals surface area contributed by atoms with Gasteiger partial charge in [0.2, 0.25) is 10.0 Å². The molecule has 3 N–H and O–H groups in total. The van der Waals surface area contributed by atoms with Gasteiger partial charge >= 0.3 is 0 Å². The minimum absolute atomic E-state index is 0.208. The van der Waals surface area contributed by atoms with Gasteiger partial charge in [-0.1, -0.05) is 12.1 Å². The van der Waals surface area contributed by atoms with Gasteiger partial charge in [-0.05, 0) is 24.6 Å². The van der Waals surface area contributed by atoms with Crippen molar-refractivity contribution < 1.29 is 16.8 Å². The van der Waals surface area contributed by atoms with Gasteiger partial charge < -0.3 is 5.73 Å². The van der Waals surface area contributed by atoms with E-state index in [2.05, 4.69) is 4.72 Å². The Hall–Kier alpha value is -1.12. The van der Waals surface area contributed by atoms with Crippen molar-refractivity contribution in [3.63, 3.8) is 0 Å². The summed E-state index contributed by atoms with van der Waals surface area (Å²) < 4.78 is 47.7. The van der Waals surface area contributed by atoms with Crippen molar-refractivity contribution in [2.45, 2.75) is 13.0 Å². The molecule has 0 aliphatic carbocycles. The summed E-state index contributed by atoms with van der Waals surface area (Å²) in [5.41, 5.74) is 6.88. The molecule has 1 aromatic carbocycles. The molecule has 0 radical (unpaired) electrons. The van der Waals surface area contributed by atoms with Crippen molar-refractivity contribution in [3.8, 4) is 0 Å². The van der Waals surface area contributed by atoms with Gasteiger partial charge in [0.05, 0.1) is 11.5 Å². The number of hydrogen-bond acceptors (Lipinski definition) is 5. The summed E-state index contributed by atoms with van der Waals surface area (Å²) in [4.78, 5) is 0. The molecule has 0 saturated heterocycles. The van der Waals surface area contributed by atoms with Crippen molar-refractivity contribution in [2.24, 2.45) is 5.73 Å². The summed E-state index contributed by atoms with van der Waals surface area (Å²) >= 11 is 0. The molecule has 6 nitrogen and oxygen atoms in total. The lowest BCUT2D eigenvalue weighted by Gasteiger charge is -2.10. The van der Waals surface area contributed by atoms with Gasteiger partial charge in [0.15, 0.2) is 0 Å². The number of anilines is 1. The molecule has 1 unspecified atom stereocenters. The highest BCUT2D eigenvalue weighted by Gasteiger charge is 2.14. The second-order valence-corrected chi connectivity index (χ2v) is 8.57. The largest absolute Gasteiger partial charge is 0.324 e. The second kappa shape index (κ2) is 5.89. The molecule has 0 amide bonds. The molecule has 8 heteroatoms. The van der Waals surface area contributed by atoms with Gasteiger partial charge in [-0.3, -0.25) is 4.72 Å². The normalized spacial score (nSPS) is 14.1. The molecule has 19 heavy (non-hydrogen) atoms. The van der Waals surface area contributed by atoms with Crippen LogP contribution < -0.4 is 10.5 Å². The van der Waals surface area contributed by atoms with E-state index in [9.17, 15) is 16.8 Å². The minimum Gasteiger partial charge on any atom is -0.324 e. The van der Waals surface area contributed by atoms with Crippen LogP contribution in [0.15, 0.2) is 24.3 Å². The molecule has 108 valence electrons. The molecule has 1 rings (SSSR count). The molecular weight excluding hydrogens is 288 g/mol. The number of sulfone groups is 1. The Bertz CT molecular complexity index is 636. The second-order valence-electron chi connectivity index (χ2n) is 4.46. The Morgan fingerprint density at radius 2 is 1.84 bits per heavy atom. The maximum absolute atomic E-state index is 11.7. The van der Waals surface area contributed by atoms with E-state index in [-0.39, 0.29) is 6.04 Å². The summed E-state index contributed by atoms with van der Waals surface area (Å²) in [6, 6.07) is 6.49. The molecule has 0 spiro atoms. The van der Waals surface area contributed by atoms with Gasteiger partial charge in [0, 0.05) is 18.0 Å². The number of nitrogens with two attached hydrogens (primary N) is 1. The highest BCUT2D eigenvalue weighted by molar-refractivity contribution is 7.95. The molecule has 0 aliphatic rings. The predicted molar refractivity (Wildman–Crippen MR) is 76.2 cm³/mol. The number of rotatable bonds is 6. The maximum Gasteiger partial charge on any atom is 0.233 e. The van der Waals surface area contributed by atoms with Crippen molar-refractivity contribution in [2.75, 3.05) is 22.5 Å². The van der Waals surface area contributed by atoms with Crippen molar-refractivity contribution in [1.82, 2.24) is 0 Å².